The lowest BCUT2D eigenvalue weighted by atomic mass is 10.0. The molecule has 1 aliphatic rings. The highest BCUT2D eigenvalue weighted by Crippen LogP contribution is 2.47. The Hall–Kier alpha value is -2.11. The van der Waals surface area contributed by atoms with Crippen LogP contribution in [0.2, 0.25) is 0 Å². The largest absolute Gasteiger partial charge is 0.478 e. The molecule has 3 N–H and O–H groups in total. The van der Waals surface area contributed by atoms with Crippen molar-refractivity contribution in [2.24, 2.45) is 5.41 Å². The van der Waals surface area contributed by atoms with E-state index >= 15 is 0 Å². The summed E-state index contributed by atoms with van der Waals surface area (Å²) in [6.07, 6.45) is 3.17. The van der Waals surface area contributed by atoms with Gasteiger partial charge in [-0.1, -0.05) is 6.92 Å². The molecule has 2 rings (SSSR count). The summed E-state index contributed by atoms with van der Waals surface area (Å²) in [5, 5.41) is 14.1. The number of urea groups is 1. The van der Waals surface area contributed by atoms with Crippen molar-refractivity contribution < 1.29 is 19.1 Å². The third kappa shape index (κ3) is 3.26. The minimum absolute atomic E-state index is 0.0451. The van der Waals surface area contributed by atoms with Crippen LogP contribution in [-0.2, 0) is 0 Å². The van der Waals surface area contributed by atoms with Crippen LogP contribution in [0.25, 0.3) is 0 Å². The molecule has 20 heavy (non-hydrogen) atoms. The minimum atomic E-state index is -1.22. The number of carbonyl (C=O) groups is 2. The molecule has 6 heteroatoms. The van der Waals surface area contributed by atoms with Crippen molar-refractivity contribution in [1.29, 1.82) is 0 Å². The highest BCUT2D eigenvalue weighted by molar-refractivity contribution is 5.99. The predicted octanol–water partition coefficient (Wildman–Crippen LogP) is 2.84. The van der Waals surface area contributed by atoms with Crippen LogP contribution >= 0.6 is 0 Å². The predicted molar refractivity (Wildman–Crippen MR) is 72.3 cm³/mol. The van der Waals surface area contributed by atoms with E-state index < -0.39 is 17.8 Å². The molecule has 0 aromatic heterocycles. The van der Waals surface area contributed by atoms with Crippen molar-refractivity contribution in [2.45, 2.75) is 26.2 Å². The number of amides is 2. The molecule has 108 valence electrons. The van der Waals surface area contributed by atoms with Crippen molar-refractivity contribution in [3.8, 4) is 0 Å². The maximum Gasteiger partial charge on any atom is 0.337 e. The lowest BCUT2D eigenvalue weighted by Gasteiger charge is -2.14. The number of nitrogens with one attached hydrogen (secondary N) is 2. The lowest BCUT2D eigenvalue weighted by Crippen LogP contribution is -2.34. The van der Waals surface area contributed by atoms with Gasteiger partial charge in [-0.05, 0) is 42.9 Å². The molecule has 1 aliphatic carbocycles. The standard InChI is InChI=1S/C14H17FN2O3/c1-2-14(5-6-14)8-16-13(20)17-11-7-9(15)3-4-10(11)12(18)19/h3-4,7H,2,5-6,8H2,1H3,(H,18,19)(H2,16,17,20). The Kier molecular flexibility index (Phi) is 3.92. The van der Waals surface area contributed by atoms with Gasteiger partial charge >= 0.3 is 12.0 Å². The smallest absolute Gasteiger partial charge is 0.337 e. The molecule has 0 radical (unpaired) electrons. The van der Waals surface area contributed by atoms with E-state index in [9.17, 15) is 14.0 Å². The van der Waals surface area contributed by atoms with E-state index in [0.29, 0.717) is 6.54 Å². The van der Waals surface area contributed by atoms with Crippen LogP contribution in [0.1, 0.15) is 36.5 Å². The summed E-state index contributed by atoms with van der Waals surface area (Å²) in [4.78, 5) is 22.7. The zero-order valence-electron chi connectivity index (χ0n) is 11.2. The lowest BCUT2D eigenvalue weighted by molar-refractivity contribution is 0.0698. The van der Waals surface area contributed by atoms with E-state index in [1.165, 1.54) is 0 Å². The summed E-state index contributed by atoms with van der Waals surface area (Å²) in [7, 11) is 0. The Morgan fingerprint density at radius 1 is 1.40 bits per heavy atom. The average molecular weight is 280 g/mol. The first-order chi connectivity index (χ1) is 9.46. The fraction of sp³-hybridized carbons (Fsp3) is 0.429. The number of hydrogen-bond donors (Lipinski definition) is 3. The molecule has 5 nitrogen and oxygen atoms in total. The van der Waals surface area contributed by atoms with E-state index in [-0.39, 0.29) is 16.7 Å². The molecule has 0 spiro atoms. The average Bonchev–Trinajstić information content (AvgIpc) is 3.17. The summed E-state index contributed by atoms with van der Waals surface area (Å²) < 4.78 is 13.1. The first kappa shape index (κ1) is 14.3. The van der Waals surface area contributed by atoms with Crippen LogP contribution in [0.5, 0.6) is 0 Å². The monoisotopic (exact) mass is 280 g/mol. The summed E-state index contributed by atoms with van der Waals surface area (Å²) >= 11 is 0. The third-order valence-corrected chi connectivity index (χ3v) is 3.79. The number of carbonyl (C=O) groups excluding carboxylic acids is 1. The topological polar surface area (TPSA) is 78.4 Å². The second kappa shape index (κ2) is 5.48. The van der Waals surface area contributed by atoms with Crippen molar-refractivity contribution in [1.82, 2.24) is 5.32 Å². The molecule has 0 bridgehead atoms. The van der Waals surface area contributed by atoms with E-state index in [2.05, 4.69) is 17.6 Å². The Balaban J connectivity index is 2.00. The minimum Gasteiger partial charge on any atom is -0.478 e. The molecule has 1 fully saturated rings. The SMILES string of the molecule is CCC1(CNC(=O)Nc2cc(F)ccc2C(=O)O)CC1. The quantitative estimate of drug-likeness (QED) is 0.776. The van der Waals surface area contributed by atoms with Crippen LogP contribution in [0.3, 0.4) is 0 Å². The number of hydrogen-bond acceptors (Lipinski definition) is 2. The summed E-state index contributed by atoms with van der Waals surface area (Å²) in [6.45, 7) is 2.62. The number of carboxylic acids is 1. The molecule has 1 aromatic rings. The van der Waals surface area contributed by atoms with Gasteiger partial charge in [-0.3, -0.25) is 0 Å². The van der Waals surface area contributed by atoms with E-state index in [1.54, 1.807) is 0 Å². The zero-order chi connectivity index (χ0) is 14.8. The Morgan fingerprint density at radius 2 is 2.10 bits per heavy atom. The second-order valence-corrected chi connectivity index (χ2v) is 5.16. The van der Waals surface area contributed by atoms with Gasteiger partial charge in [-0.2, -0.15) is 0 Å². The van der Waals surface area contributed by atoms with Crippen LogP contribution in [0.4, 0.5) is 14.9 Å². The van der Waals surface area contributed by atoms with Crippen molar-refractivity contribution in [2.75, 3.05) is 11.9 Å². The number of aromatic carboxylic acids is 1. The number of anilines is 1. The van der Waals surface area contributed by atoms with Crippen molar-refractivity contribution >= 4 is 17.7 Å². The van der Waals surface area contributed by atoms with Gasteiger partial charge in [0.25, 0.3) is 0 Å². The molecule has 0 saturated heterocycles. The Labute approximate surface area is 116 Å². The maximum absolute atomic E-state index is 13.1. The van der Waals surface area contributed by atoms with E-state index in [1.807, 2.05) is 0 Å². The fourth-order valence-electron chi connectivity index (χ4n) is 2.07. The second-order valence-electron chi connectivity index (χ2n) is 5.16. The van der Waals surface area contributed by atoms with Gasteiger partial charge < -0.3 is 15.7 Å². The van der Waals surface area contributed by atoms with Gasteiger partial charge in [0.05, 0.1) is 11.3 Å². The fourth-order valence-corrected chi connectivity index (χ4v) is 2.07. The van der Waals surface area contributed by atoms with E-state index in [4.69, 9.17) is 5.11 Å². The number of halogens is 1. The van der Waals surface area contributed by atoms with Gasteiger partial charge in [-0.25, -0.2) is 14.0 Å². The number of benzene rings is 1. The highest BCUT2D eigenvalue weighted by atomic mass is 19.1. The molecule has 0 aliphatic heterocycles. The van der Waals surface area contributed by atoms with E-state index in [0.717, 1.165) is 37.5 Å². The van der Waals surface area contributed by atoms with Crippen molar-refractivity contribution in [3.63, 3.8) is 0 Å². The van der Waals surface area contributed by atoms with Gasteiger partial charge in [0, 0.05) is 6.54 Å². The first-order valence-electron chi connectivity index (χ1n) is 6.53. The molecule has 0 atom stereocenters. The summed E-state index contributed by atoms with van der Waals surface area (Å²) in [6, 6.07) is 2.65. The maximum atomic E-state index is 13.1. The normalized spacial score (nSPS) is 15.5. The molecule has 1 aromatic carbocycles. The van der Waals surface area contributed by atoms with Crippen LogP contribution in [0.15, 0.2) is 18.2 Å². The third-order valence-electron chi connectivity index (χ3n) is 3.79. The van der Waals surface area contributed by atoms with Gasteiger partial charge in [0.15, 0.2) is 0 Å². The molecule has 1 saturated carbocycles. The first-order valence-corrected chi connectivity index (χ1v) is 6.53. The number of carboxylic acid groups (broad SMARTS) is 1. The molecule has 0 heterocycles. The van der Waals surface area contributed by atoms with Gasteiger partial charge in [0.1, 0.15) is 5.82 Å². The zero-order valence-corrected chi connectivity index (χ0v) is 11.2. The van der Waals surface area contributed by atoms with Crippen molar-refractivity contribution in [3.05, 3.63) is 29.6 Å². The highest BCUT2D eigenvalue weighted by Gasteiger charge is 2.40. The van der Waals surface area contributed by atoms with Crippen LogP contribution in [-0.4, -0.2) is 23.7 Å². The Bertz CT molecular complexity index is 541. The van der Waals surface area contributed by atoms with Crippen LogP contribution in [0, 0.1) is 11.2 Å². The summed E-state index contributed by atoms with van der Waals surface area (Å²) in [5.41, 5.74) is 0.00376. The Morgan fingerprint density at radius 3 is 2.65 bits per heavy atom. The molecule has 0 unspecified atom stereocenters. The summed E-state index contributed by atoms with van der Waals surface area (Å²) in [5.74, 6) is -1.81. The molecular weight excluding hydrogens is 263 g/mol. The van der Waals surface area contributed by atoms with Crippen LogP contribution < -0.4 is 10.6 Å². The molecule has 2 amide bonds. The number of rotatable bonds is 5. The van der Waals surface area contributed by atoms with Gasteiger partial charge in [0.2, 0.25) is 0 Å². The molecular formula is C14H17FN2O3. The van der Waals surface area contributed by atoms with Gasteiger partial charge in [-0.15, -0.1) is 0 Å².